The second-order valence-corrected chi connectivity index (χ2v) is 7.03. The second kappa shape index (κ2) is 8.28. The fraction of sp³-hybridized carbons (Fsp3) is 0.471. The Bertz CT molecular complexity index is 627. The predicted octanol–water partition coefficient (Wildman–Crippen LogP) is 2.33. The van der Waals surface area contributed by atoms with Gasteiger partial charge in [-0.3, -0.25) is 14.4 Å². The van der Waals surface area contributed by atoms with E-state index in [0.29, 0.717) is 18.4 Å². The highest BCUT2D eigenvalue weighted by Crippen LogP contribution is 2.35. The van der Waals surface area contributed by atoms with Crippen LogP contribution in [0.25, 0.3) is 0 Å². The van der Waals surface area contributed by atoms with Crippen LogP contribution in [0.15, 0.2) is 28.7 Å². The van der Waals surface area contributed by atoms with Crippen molar-refractivity contribution in [3.63, 3.8) is 0 Å². The lowest BCUT2D eigenvalue weighted by Gasteiger charge is -2.33. The van der Waals surface area contributed by atoms with Crippen LogP contribution in [0.1, 0.15) is 42.5 Å². The molecule has 0 aromatic heterocycles. The molecule has 6 nitrogen and oxygen atoms in total. The van der Waals surface area contributed by atoms with Gasteiger partial charge in [-0.1, -0.05) is 41.3 Å². The van der Waals surface area contributed by atoms with Crippen molar-refractivity contribution >= 4 is 33.7 Å². The summed E-state index contributed by atoms with van der Waals surface area (Å²) >= 11 is 3.28. The number of carboxylic acid groups (broad SMARTS) is 1. The quantitative estimate of drug-likeness (QED) is 0.687. The number of carboxylic acids is 1. The lowest BCUT2D eigenvalue weighted by Crippen LogP contribution is -2.46. The molecule has 1 aliphatic rings. The minimum absolute atomic E-state index is 0.105. The average molecular weight is 397 g/mol. The Balaban J connectivity index is 1.82. The minimum Gasteiger partial charge on any atom is -0.481 e. The molecule has 1 aromatic rings. The van der Waals surface area contributed by atoms with Crippen LogP contribution in [-0.2, 0) is 9.59 Å². The molecule has 130 valence electrons. The number of benzene rings is 1. The maximum atomic E-state index is 12.0. The fourth-order valence-corrected chi connectivity index (χ4v) is 3.32. The zero-order valence-corrected chi connectivity index (χ0v) is 14.9. The number of carbonyl (C=O) groups is 3. The summed E-state index contributed by atoms with van der Waals surface area (Å²) in [4.78, 5) is 35.4. The van der Waals surface area contributed by atoms with Gasteiger partial charge in [0.25, 0.3) is 5.91 Å². The molecule has 1 aromatic carbocycles. The van der Waals surface area contributed by atoms with Gasteiger partial charge >= 0.3 is 5.97 Å². The Morgan fingerprint density at radius 2 is 1.83 bits per heavy atom. The smallest absolute Gasteiger partial charge is 0.311 e. The number of amides is 2. The van der Waals surface area contributed by atoms with E-state index in [1.54, 1.807) is 24.3 Å². The van der Waals surface area contributed by atoms with Gasteiger partial charge in [-0.2, -0.15) is 0 Å². The first kappa shape index (κ1) is 18.4. The summed E-state index contributed by atoms with van der Waals surface area (Å²) in [5.74, 6) is -1.60. The molecule has 1 fully saturated rings. The van der Waals surface area contributed by atoms with Gasteiger partial charge in [0.1, 0.15) is 0 Å². The number of hydrogen-bond acceptors (Lipinski definition) is 3. The van der Waals surface area contributed by atoms with Crippen LogP contribution >= 0.6 is 15.9 Å². The molecule has 0 unspecified atom stereocenters. The van der Waals surface area contributed by atoms with E-state index in [0.717, 1.165) is 23.7 Å². The minimum atomic E-state index is -0.873. The SMILES string of the molecule is O=C(CNC(=O)c1cccc(Br)c1)NCC1(C(=O)O)CCCCC1. The summed E-state index contributed by atoms with van der Waals surface area (Å²) in [6.45, 7) is -0.0744. The van der Waals surface area contributed by atoms with Gasteiger partial charge in [0.15, 0.2) is 0 Å². The highest BCUT2D eigenvalue weighted by molar-refractivity contribution is 9.10. The second-order valence-electron chi connectivity index (χ2n) is 6.12. The maximum absolute atomic E-state index is 12.0. The number of aliphatic carboxylic acids is 1. The highest BCUT2D eigenvalue weighted by atomic mass is 79.9. The molecule has 0 radical (unpaired) electrons. The number of halogens is 1. The average Bonchev–Trinajstić information content (AvgIpc) is 2.58. The molecule has 2 rings (SSSR count). The van der Waals surface area contributed by atoms with E-state index < -0.39 is 11.4 Å². The van der Waals surface area contributed by atoms with E-state index in [2.05, 4.69) is 26.6 Å². The lowest BCUT2D eigenvalue weighted by molar-refractivity contribution is -0.151. The molecule has 1 aliphatic carbocycles. The van der Waals surface area contributed by atoms with E-state index >= 15 is 0 Å². The molecule has 0 aliphatic heterocycles. The van der Waals surface area contributed by atoms with Crippen molar-refractivity contribution < 1.29 is 19.5 Å². The zero-order chi connectivity index (χ0) is 17.6. The van der Waals surface area contributed by atoms with Crippen molar-refractivity contribution in [3.8, 4) is 0 Å². The Hall–Kier alpha value is -1.89. The normalized spacial score (nSPS) is 16.2. The number of nitrogens with one attached hydrogen (secondary N) is 2. The van der Waals surface area contributed by atoms with Crippen LogP contribution in [0, 0.1) is 5.41 Å². The van der Waals surface area contributed by atoms with Gasteiger partial charge in [0.05, 0.1) is 12.0 Å². The first-order valence-corrected chi connectivity index (χ1v) is 8.76. The summed E-state index contributed by atoms with van der Waals surface area (Å²) in [7, 11) is 0. The van der Waals surface area contributed by atoms with Crippen molar-refractivity contribution in [3.05, 3.63) is 34.3 Å². The summed E-state index contributed by atoms with van der Waals surface area (Å²) in [6, 6.07) is 6.85. The van der Waals surface area contributed by atoms with Crippen molar-refractivity contribution in [1.29, 1.82) is 0 Å². The summed E-state index contributed by atoms with van der Waals surface area (Å²) < 4.78 is 0.778. The monoisotopic (exact) mass is 396 g/mol. The number of rotatable bonds is 6. The molecular formula is C17H21BrN2O4. The largest absolute Gasteiger partial charge is 0.481 e. The van der Waals surface area contributed by atoms with Crippen molar-refractivity contribution in [1.82, 2.24) is 10.6 Å². The maximum Gasteiger partial charge on any atom is 0.311 e. The Labute approximate surface area is 149 Å². The molecule has 0 spiro atoms. The summed E-state index contributed by atoms with van der Waals surface area (Å²) in [5.41, 5.74) is -0.422. The molecular weight excluding hydrogens is 376 g/mol. The van der Waals surface area contributed by atoms with E-state index in [1.807, 2.05) is 0 Å². The van der Waals surface area contributed by atoms with Crippen LogP contribution in [0.5, 0.6) is 0 Å². The molecule has 7 heteroatoms. The van der Waals surface area contributed by atoms with Crippen LogP contribution in [0.2, 0.25) is 0 Å². The third-order valence-electron chi connectivity index (χ3n) is 4.38. The molecule has 0 bridgehead atoms. The van der Waals surface area contributed by atoms with Gasteiger partial charge in [-0.05, 0) is 31.0 Å². The Kier molecular flexibility index (Phi) is 6.36. The molecule has 1 saturated carbocycles. The lowest BCUT2D eigenvalue weighted by atomic mass is 9.74. The van der Waals surface area contributed by atoms with Crippen LogP contribution < -0.4 is 10.6 Å². The topological polar surface area (TPSA) is 95.5 Å². The Morgan fingerprint density at radius 1 is 1.12 bits per heavy atom. The van der Waals surface area contributed by atoms with Crippen molar-refractivity contribution in [2.45, 2.75) is 32.1 Å². The molecule has 0 heterocycles. The van der Waals surface area contributed by atoms with Crippen LogP contribution in [0.3, 0.4) is 0 Å². The van der Waals surface area contributed by atoms with Crippen LogP contribution in [0.4, 0.5) is 0 Å². The highest BCUT2D eigenvalue weighted by Gasteiger charge is 2.39. The molecule has 0 saturated heterocycles. The van der Waals surface area contributed by atoms with Gasteiger partial charge < -0.3 is 15.7 Å². The molecule has 3 N–H and O–H groups in total. The predicted molar refractivity (Wildman–Crippen MR) is 92.6 cm³/mol. The Morgan fingerprint density at radius 3 is 2.46 bits per heavy atom. The summed E-state index contributed by atoms with van der Waals surface area (Å²) in [6.07, 6.45) is 3.91. The molecule has 24 heavy (non-hydrogen) atoms. The number of carbonyl (C=O) groups excluding carboxylic acids is 2. The zero-order valence-electron chi connectivity index (χ0n) is 13.3. The first-order chi connectivity index (χ1) is 11.4. The molecule has 2 amide bonds. The third kappa shape index (κ3) is 4.80. The number of hydrogen-bond donors (Lipinski definition) is 3. The van der Waals surface area contributed by atoms with Crippen molar-refractivity contribution in [2.24, 2.45) is 5.41 Å². The van der Waals surface area contributed by atoms with Gasteiger partial charge in [0, 0.05) is 16.6 Å². The third-order valence-corrected chi connectivity index (χ3v) is 4.88. The first-order valence-electron chi connectivity index (χ1n) is 7.97. The van der Waals surface area contributed by atoms with Gasteiger partial charge in [-0.15, -0.1) is 0 Å². The molecule has 0 atom stereocenters. The van der Waals surface area contributed by atoms with E-state index in [1.165, 1.54) is 0 Å². The van der Waals surface area contributed by atoms with Crippen LogP contribution in [-0.4, -0.2) is 36.0 Å². The summed E-state index contributed by atoms with van der Waals surface area (Å²) in [5, 5.41) is 14.7. The standard InChI is InChI=1S/C17H21BrN2O4/c18-13-6-4-5-12(9-13)15(22)19-10-14(21)20-11-17(16(23)24)7-2-1-3-8-17/h4-6,9H,1-3,7-8,10-11H2,(H,19,22)(H,20,21)(H,23,24). The van der Waals surface area contributed by atoms with Gasteiger partial charge in [0.2, 0.25) is 5.91 Å². The van der Waals surface area contributed by atoms with E-state index in [4.69, 9.17) is 0 Å². The van der Waals surface area contributed by atoms with E-state index in [9.17, 15) is 19.5 Å². The van der Waals surface area contributed by atoms with Gasteiger partial charge in [-0.25, -0.2) is 0 Å². The fourth-order valence-electron chi connectivity index (χ4n) is 2.92. The van der Waals surface area contributed by atoms with E-state index in [-0.39, 0.29) is 24.9 Å². The van der Waals surface area contributed by atoms with Crippen molar-refractivity contribution in [2.75, 3.05) is 13.1 Å².